The lowest BCUT2D eigenvalue weighted by Crippen LogP contribution is -2.30. The summed E-state index contributed by atoms with van der Waals surface area (Å²) in [5.74, 6) is -0.713. The number of aldehydes is 1. The van der Waals surface area contributed by atoms with Crippen LogP contribution in [0.2, 0.25) is 0 Å². The van der Waals surface area contributed by atoms with Crippen molar-refractivity contribution in [3.8, 4) is 11.5 Å². The number of benzene rings is 1. The highest BCUT2D eigenvalue weighted by molar-refractivity contribution is 6.29. The lowest BCUT2D eigenvalue weighted by molar-refractivity contribution is -0.133. The van der Waals surface area contributed by atoms with Crippen LogP contribution in [0.15, 0.2) is 18.2 Å². The molecule has 1 rings (SSSR count). The third-order valence-electron chi connectivity index (χ3n) is 1.88. The molecule has 1 aromatic rings. The number of ether oxygens (including phenoxy) is 1. The van der Waals surface area contributed by atoms with Crippen LogP contribution >= 0.6 is 0 Å². The second-order valence-corrected chi connectivity index (χ2v) is 2.79. The minimum Gasteiger partial charge on any atom is -0.506 e. The Morgan fingerprint density at radius 3 is 2.56 bits per heavy atom. The average molecular weight is 225 g/mol. The van der Waals surface area contributed by atoms with Crippen molar-refractivity contribution >= 4 is 17.9 Å². The predicted molar refractivity (Wildman–Crippen MR) is 55.2 cm³/mol. The van der Waals surface area contributed by atoms with Crippen molar-refractivity contribution in [2.45, 2.75) is 0 Å². The summed E-state index contributed by atoms with van der Waals surface area (Å²) < 4.78 is 4.88. The first kappa shape index (κ1) is 12.0. The fourth-order valence-corrected chi connectivity index (χ4v) is 1.16. The van der Waals surface area contributed by atoms with Gasteiger partial charge in [0, 0.05) is 6.07 Å². The van der Waals surface area contributed by atoms with E-state index in [1.807, 2.05) is 0 Å². The second-order valence-electron chi connectivity index (χ2n) is 2.79. The molecule has 0 spiro atoms. The van der Waals surface area contributed by atoms with E-state index in [2.05, 4.69) is 0 Å². The molecule has 0 fully saturated rings. The van der Waals surface area contributed by atoms with Crippen LogP contribution in [0.4, 0.5) is 5.69 Å². The van der Waals surface area contributed by atoms with E-state index in [4.69, 9.17) is 9.57 Å². The summed E-state index contributed by atoms with van der Waals surface area (Å²) in [5, 5.41) is 10.3. The molecule has 0 saturated heterocycles. The topological polar surface area (TPSA) is 76.1 Å². The van der Waals surface area contributed by atoms with Gasteiger partial charge in [0.05, 0.1) is 14.2 Å². The Kier molecular flexibility index (Phi) is 3.84. The van der Waals surface area contributed by atoms with E-state index in [1.54, 1.807) is 0 Å². The maximum Gasteiger partial charge on any atom is 0.315 e. The number of carbonyl (C=O) groups excluding carboxylic acids is 2. The largest absolute Gasteiger partial charge is 0.506 e. The minimum atomic E-state index is -0.914. The number of methoxy groups -OCH3 is 1. The first-order valence-electron chi connectivity index (χ1n) is 4.34. The number of carbonyl (C=O) groups is 2. The number of phenolic OH excluding ortho intramolecular Hbond substituents is 1. The Morgan fingerprint density at radius 2 is 2.12 bits per heavy atom. The lowest BCUT2D eigenvalue weighted by atomic mass is 10.2. The monoisotopic (exact) mass is 225 g/mol. The molecule has 0 saturated carbocycles. The van der Waals surface area contributed by atoms with Gasteiger partial charge in [0.2, 0.25) is 6.29 Å². The number of hydroxylamine groups is 1. The van der Waals surface area contributed by atoms with Crippen molar-refractivity contribution in [2.24, 2.45) is 0 Å². The first-order valence-corrected chi connectivity index (χ1v) is 4.34. The Labute approximate surface area is 91.9 Å². The summed E-state index contributed by atoms with van der Waals surface area (Å²) in [5.41, 5.74) is 0.0698. The number of rotatable bonds is 4. The normalized spacial score (nSPS) is 9.62. The summed E-state index contributed by atoms with van der Waals surface area (Å²) in [6.45, 7) is 0. The van der Waals surface area contributed by atoms with Crippen molar-refractivity contribution < 1.29 is 24.3 Å². The van der Waals surface area contributed by atoms with Crippen LogP contribution in [0.3, 0.4) is 0 Å². The predicted octanol–water partition coefficient (Wildman–Crippen LogP) is 0.494. The highest BCUT2D eigenvalue weighted by atomic mass is 16.7. The van der Waals surface area contributed by atoms with E-state index in [9.17, 15) is 14.7 Å². The molecule has 0 radical (unpaired) electrons. The number of anilines is 1. The molecule has 16 heavy (non-hydrogen) atoms. The zero-order chi connectivity index (χ0) is 12.1. The highest BCUT2D eigenvalue weighted by Crippen LogP contribution is 2.31. The molecule has 86 valence electrons. The third-order valence-corrected chi connectivity index (χ3v) is 1.88. The van der Waals surface area contributed by atoms with Crippen LogP contribution in [0.25, 0.3) is 0 Å². The number of nitrogens with zero attached hydrogens (tertiary/aromatic N) is 1. The van der Waals surface area contributed by atoms with E-state index < -0.39 is 5.91 Å². The standard InChI is InChI=1S/C10H11NO5/c1-15-7-3-4-8(9(13)5-7)11(16-2)10(14)6-12/h3-6,13H,1-2H3. The summed E-state index contributed by atoms with van der Waals surface area (Å²) in [6, 6.07) is 4.23. The van der Waals surface area contributed by atoms with Gasteiger partial charge in [0.15, 0.2) is 0 Å². The van der Waals surface area contributed by atoms with Gasteiger partial charge >= 0.3 is 5.91 Å². The van der Waals surface area contributed by atoms with E-state index in [1.165, 1.54) is 32.4 Å². The molecule has 0 aliphatic heterocycles. The number of hydrogen-bond donors (Lipinski definition) is 1. The maximum atomic E-state index is 11.1. The van der Waals surface area contributed by atoms with Gasteiger partial charge in [-0.25, -0.2) is 0 Å². The van der Waals surface area contributed by atoms with Gasteiger partial charge in [-0.1, -0.05) is 0 Å². The number of aromatic hydroxyl groups is 1. The molecular weight excluding hydrogens is 214 g/mol. The molecule has 0 aliphatic carbocycles. The van der Waals surface area contributed by atoms with E-state index in [0.29, 0.717) is 10.8 Å². The highest BCUT2D eigenvalue weighted by Gasteiger charge is 2.18. The van der Waals surface area contributed by atoms with Gasteiger partial charge in [-0.15, -0.1) is 0 Å². The van der Waals surface area contributed by atoms with Crippen LogP contribution < -0.4 is 9.80 Å². The fourth-order valence-electron chi connectivity index (χ4n) is 1.16. The van der Waals surface area contributed by atoms with Crippen molar-refractivity contribution in [1.82, 2.24) is 0 Å². The zero-order valence-corrected chi connectivity index (χ0v) is 8.84. The summed E-state index contributed by atoms with van der Waals surface area (Å²) >= 11 is 0. The first-order chi connectivity index (χ1) is 7.63. The molecule has 6 nitrogen and oxygen atoms in total. The Hall–Kier alpha value is -2.08. The average Bonchev–Trinajstić information content (AvgIpc) is 2.31. The van der Waals surface area contributed by atoms with Gasteiger partial charge in [-0.3, -0.25) is 14.4 Å². The fraction of sp³-hybridized carbons (Fsp3) is 0.200. The van der Waals surface area contributed by atoms with Crippen LogP contribution in [-0.4, -0.2) is 31.5 Å². The molecular formula is C10H11NO5. The summed E-state index contributed by atoms with van der Waals surface area (Å²) in [6.07, 6.45) is 0.0904. The van der Waals surface area contributed by atoms with Crippen molar-refractivity contribution in [3.05, 3.63) is 18.2 Å². The Bertz CT molecular complexity index is 404. The van der Waals surface area contributed by atoms with Gasteiger partial charge in [-0.2, -0.15) is 5.06 Å². The molecule has 0 bridgehead atoms. The molecule has 0 aromatic heterocycles. The van der Waals surface area contributed by atoms with Crippen molar-refractivity contribution in [1.29, 1.82) is 0 Å². The molecule has 0 atom stereocenters. The van der Waals surface area contributed by atoms with Crippen LogP contribution in [0, 0.1) is 0 Å². The second kappa shape index (κ2) is 5.13. The lowest BCUT2D eigenvalue weighted by Gasteiger charge is -2.18. The number of hydrogen-bond acceptors (Lipinski definition) is 5. The molecule has 6 heteroatoms. The molecule has 0 heterocycles. The van der Waals surface area contributed by atoms with Gasteiger partial charge in [0.25, 0.3) is 0 Å². The smallest absolute Gasteiger partial charge is 0.315 e. The molecule has 1 amide bonds. The quantitative estimate of drug-likeness (QED) is 0.458. The third kappa shape index (κ3) is 2.29. The molecule has 0 unspecified atom stereocenters. The Morgan fingerprint density at radius 1 is 1.44 bits per heavy atom. The van der Waals surface area contributed by atoms with Crippen molar-refractivity contribution in [2.75, 3.05) is 19.3 Å². The van der Waals surface area contributed by atoms with Crippen LogP contribution in [0.5, 0.6) is 11.5 Å². The zero-order valence-electron chi connectivity index (χ0n) is 8.84. The Balaban J connectivity index is 3.11. The number of phenols is 1. The number of amides is 1. The van der Waals surface area contributed by atoms with Gasteiger partial charge in [0.1, 0.15) is 17.2 Å². The van der Waals surface area contributed by atoms with Crippen LogP contribution in [-0.2, 0) is 14.4 Å². The maximum absolute atomic E-state index is 11.1. The minimum absolute atomic E-state index is 0.0698. The van der Waals surface area contributed by atoms with E-state index in [-0.39, 0.29) is 17.7 Å². The van der Waals surface area contributed by atoms with E-state index in [0.717, 1.165) is 0 Å². The molecule has 1 aromatic carbocycles. The summed E-state index contributed by atoms with van der Waals surface area (Å²) in [7, 11) is 2.66. The summed E-state index contributed by atoms with van der Waals surface area (Å²) in [4.78, 5) is 26.2. The van der Waals surface area contributed by atoms with Crippen LogP contribution in [0.1, 0.15) is 0 Å². The van der Waals surface area contributed by atoms with Gasteiger partial charge < -0.3 is 9.84 Å². The van der Waals surface area contributed by atoms with Crippen molar-refractivity contribution in [3.63, 3.8) is 0 Å². The molecule has 0 aliphatic rings. The van der Waals surface area contributed by atoms with Gasteiger partial charge in [-0.05, 0) is 12.1 Å². The SMILES string of the molecule is COc1ccc(N(OC)C(=O)C=O)c(O)c1. The van der Waals surface area contributed by atoms with E-state index >= 15 is 0 Å². The molecule has 1 N–H and O–H groups in total.